The highest BCUT2D eigenvalue weighted by Crippen LogP contribution is 2.48. The van der Waals surface area contributed by atoms with Crippen molar-refractivity contribution in [2.45, 2.75) is 52.1 Å². The molecule has 0 spiro atoms. The van der Waals surface area contributed by atoms with Crippen molar-refractivity contribution >= 4 is 0 Å². The Morgan fingerprint density at radius 1 is 1.37 bits per heavy atom. The zero-order chi connectivity index (χ0) is 14.1. The molecule has 0 aliphatic heterocycles. The molecule has 2 unspecified atom stereocenters. The van der Waals surface area contributed by atoms with E-state index in [-0.39, 0.29) is 5.92 Å². The van der Waals surface area contributed by atoms with Gasteiger partial charge in [0.1, 0.15) is 0 Å². The summed E-state index contributed by atoms with van der Waals surface area (Å²) in [4.78, 5) is 0. The van der Waals surface area contributed by atoms with Crippen molar-refractivity contribution in [2.24, 2.45) is 11.3 Å². The molecule has 1 aliphatic rings. The second-order valence-corrected chi connectivity index (χ2v) is 6.07. The highest BCUT2D eigenvalue weighted by molar-refractivity contribution is 5.34. The Morgan fingerprint density at radius 2 is 2.00 bits per heavy atom. The zero-order valence-corrected chi connectivity index (χ0v) is 12.1. The zero-order valence-electron chi connectivity index (χ0n) is 12.1. The van der Waals surface area contributed by atoms with Crippen LogP contribution in [0.25, 0.3) is 0 Å². The molecule has 0 fully saturated rings. The number of rotatable bonds is 3. The Bertz CT molecular complexity index is 502. The largest absolute Gasteiger partial charge is 0.388 e. The number of nitriles is 1. The number of hydrogen-bond donors (Lipinski definition) is 1. The number of aryl methyl sites for hydroxylation is 1. The number of hydrogen-bond acceptors (Lipinski definition) is 2. The quantitative estimate of drug-likeness (QED) is 0.901. The molecule has 19 heavy (non-hydrogen) atoms. The summed E-state index contributed by atoms with van der Waals surface area (Å²) >= 11 is 0. The number of aliphatic hydroxyl groups is 1. The number of fused-ring (bicyclic) bond motifs is 1. The van der Waals surface area contributed by atoms with Crippen LogP contribution in [0.3, 0.4) is 0 Å². The molecular weight excluding hydrogens is 234 g/mol. The van der Waals surface area contributed by atoms with Gasteiger partial charge in [-0.3, -0.25) is 0 Å². The molecule has 1 N–H and O–H groups in total. The van der Waals surface area contributed by atoms with Crippen molar-refractivity contribution in [2.75, 3.05) is 0 Å². The third kappa shape index (κ3) is 2.07. The van der Waals surface area contributed by atoms with E-state index in [0.717, 1.165) is 12.8 Å². The second-order valence-electron chi connectivity index (χ2n) is 6.07. The van der Waals surface area contributed by atoms with Crippen LogP contribution in [0.5, 0.6) is 0 Å². The summed E-state index contributed by atoms with van der Waals surface area (Å²) in [6.45, 7) is 6.02. The van der Waals surface area contributed by atoms with Crippen LogP contribution in [0, 0.1) is 22.7 Å². The summed E-state index contributed by atoms with van der Waals surface area (Å²) in [6, 6.07) is 10.8. The molecule has 2 nitrogen and oxygen atoms in total. The molecule has 0 radical (unpaired) electrons. The lowest BCUT2D eigenvalue weighted by molar-refractivity contribution is -0.101. The van der Waals surface area contributed by atoms with Gasteiger partial charge in [-0.1, -0.05) is 45.0 Å². The number of nitrogens with zero attached hydrogens (tertiary/aromatic N) is 1. The van der Waals surface area contributed by atoms with Gasteiger partial charge in [-0.05, 0) is 42.7 Å². The molecule has 1 aromatic rings. The molecule has 2 heteroatoms. The Balaban J connectivity index is 2.45. The van der Waals surface area contributed by atoms with Crippen molar-refractivity contribution in [3.8, 4) is 6.07 Å². The Kier molecular flexibility index (Phi) is 3.69. The standard InChI is InChI=1S/C17H23NO/c1-4-17(19,13(2)3)16(12-18)10-9-14-7-5-6-8-15(14)11-16/h5-8,13,19H,4,9-11H2,1-3H3. The van der Waals surface area contributed by atoms with E-state index in [1.165, 1.54) is 11.1 Å². The fourth-order valence-electron chi connectivity index (χ4n) is 3.60. The molecule has 1 aromatic carbocycles. The van der Waals surface area contributed by atoms with E-state index < -0.39 is 11.0 Å². The molecular formula is C17H23NO. The molecule has 2 rings (SSSR count). The summed E-state index contributed by atoms with van der Waals surface area (Å²) < 4.78 is 0. The third-order valence-electron chi connectivity index (χ3n) is 4.97. The lowest BCUT2D eigenvalue weighted by atomic mass is 9.58. The van der Waals surface area contributed by atoms with Gasteiger partial charge < -0.3 is 5.11 Å². The highest BCUT2D eigenvalue weighted by Gasteiger charge is 2.52. The van der Waals surface area contributed by atoms with Crippen LogP contribution in [0.15, 0.2) is 24.3 Å². The maximum atomic E-state index is 11.1. The topological polar surface area (TPSA) is 44.0 Å². The van der Waals surface area contributed by atoms with E-state index in [1.807, 2.05) is 32.9 Å². The van der Waals surface area contributed by atoms with Crippen molar-refractivity contribution < 1.29 is 5.11 Å². The average molecular weight is 257 g/mol. The predicted octanol–water partition coefficient (Wildman–Crippen LogP) is 3.48. The van der Waals surface area contributed by atoms with Crippen LogP contribution in [0.4, 0.5) is 0 Å². The maximum absolute atomic E-state index is 11.1. The first-order valence-corrected chi connectivity index (χ1v) is 7.19. The van der Waals surface area contributed by atoms with Gasteiger partial charge in [0.25, 0.3) is 0 Å². The maximum Gasteiger partial charge on any atom is 0.0905 e. The fraction of sp³-hybridized carbons (Fsp3) is 0.588. The minimum Gasteiger partial charge on any atom is -0.388 e. The minimum absolute atomic E-state index is 0.0856. The van der Waals surface area contributed by atoms with Gasteiger partial charge in [-0.2, -0.15) is 5.26 Å². The highest BCUT2D eigenvalue weighted by atomic mass is 16.3. The first-order chi connectivity index (χ1) is 8.99. The van der Waals surface area contributed by atoms with Crippen LogP contribution >= 0.6 is 0 Å². The monoisotopic (exact) mass is 257 g/mol. The molecule has 0 saturated carbocycles. The van der Waals surface area contributed by atoms with Crippen molar-refractivity contribution in [3.63, 3.8) is 0 Å². The van der Waals surface area contributed by atoms with Crippen molar-refractivity contribution in [1.29, 1.82) is 5.26 Å². The molecule has 0 aromatic heterocycles. The lowest BCUT2D eigenvalue weighted by Crippen LogP contribution is -2.53. The van der Waals surface area contributed by atoms with Gasteiger partial charge in [-0.15, -0.1) is 0 Å². The summed E-state index contributed by atoms with van der Waals surface area (Å²) in [5.74, 6) is 0.0856. The third-order valence-corrected chi connectivity index (χ3v) is 4.97. The van der Waals surface area contributed by atoms with Crippen LogP contribution in [0.1, 0.15) is 44.7 Å². The predicted molar refractivity (Wildman–Crippen MR) is 76.6 cm³/mol. The van der Waals surface area contributed by atoms with Crippen molar-refractivity contribution in [3.05, 3.63) is 35.4 Å². The summed E-state index contributed by atoms with van der Waals surface area (Å²) in [5.41, 5.74) is 0.998. The van der Waals surface area contributed by atoms with E-state index in [4.69, 9.17) is 0 Å². The minimum atomic E-state index is -0.907. The van der Waals surface area contributed by atoms with Crippen molar-refractivity contribution in [1.82, 2.24) is 0 Å². The summed E-state index contributed by atoms with van der Waals surface area (Å²) in [7, 11) is 0. The van der Waals surface area contributed by atoms with Crippen LogP contribution < -0.4 is 0 Å². The summed E-state index contributed by atoms with van der Waals surface area (Å²) in [5, 5.41) is 20.8. The smallest absolute Gasteiger partial charge is 0.0905 e. The Hall–Kier alpha value is -1.33. The van der Waals surface area contributed by atoms with Gasteiger partial charge in [0.15, 0.2) is 0 Å². The molecule has 0 saturated heterocycles. The molecule has 1 aliphatic carbocycles. The Morgan fingerprint density at radius 3 is 2.53 bits per heavy atom. The fourth-order valence-corrected chi connectivity index (χ4v) is 3.60. The second kappa shape index (κ2) is 4.98. The average Bonchev–Trinajstić information content (AvgIpc) is 2.45. The van der Waals surface area contributed by atoms with Gasteiger partial charge in [0.05, 0.1) is 17.1 Å². The molecule has 0 amide bonds. The van der Waals surface area contributed by atoms with Gasteiger partial charge in [0, 0.05) is 0 Å². The van der Waals surface area contributed by atoms with E-state index >= 15 is 0 Å². The van der Waals surface area contributed by atoms with Gasteiger partial charge in [0.2, 0.25) is 0 Å². The van der Waals surface area contributed by atoms with E-state index in [2.05, 4.69) is 18.2 Å². The first kappa shape index (κ1) is 14.1. The van der Waals surface area contributed by atoms with Crippen LogP contribution in [-0.4, -0.2) is 10.7 Å². The molecule has 2 atom stereocenters. The molecule has 0 heterocycles. The SMILES string of the molecule is CCC(O)(C(C)C)C1(C#N)CCc2ccccc2C1. The van der Waals surface area contributed by atoms with Gasteiger partial charge in [-0.25, -0.2) is 0 Å². The van der Waals surface area contributed by atoms with E-state index in [9.17, 15) is 10.4 Å². The normalized spacial score (nSPS) is 25.5. The van der Waals surface area contributed by atoms with Gasteiger partial charge >= 0.3 is 0 Å². The number of benzene rings is 1. The first-order valence-electron chi connectivity index (χ1n) is 7.19. The van der Waals surface area contributed by atoms with Crippen LogP contribution in [-0.2, 0) is 12.8 Å². The lowest BCUT2D eigenvalue weighted by Gasteiger charge is -2.47. The molecule has 0 bridgehead atoms. The Labute approximate surface area is 116 Å². The van der Waals surface area contributed by atoms with E-state index in [1.54, 1.807) is 0 Å². The van der Waals surface area contributed by atoms with Crippen LogP contribution in [0.2, 0.25) is 0 Å². The molecule has 102 valence electrons. The van der Waals surface area contributed by atoms with E-state index in [0.29, 0.717) is 12.8 Å². The summed E-state index contributed by atoms with van der Waals surface area (Å²) in [6.07, 6.45) is 2.93.